The van der Waals surface area contributed by atoms with Crippen LogP contribution in [0, 0.1) is 5.41 Å². The minimum Gasteiger partial charge on any atom is -0.310 e. The summed E-state index contributed by atoms with van der Waals surface area (Å²) in [5.41, 5.74) is 15.4. The number of anilines is 6. The second kappa shape index (κ2) is 11.4. The fourth-order valence-corrected chi connectivity index (χ4v) is 12.9. The van der Waals surface area contributed by atoms with E-state index < -0.39 is 0 Å². The molecule has 6 aliphatic rings. The van der Waals surface area contributed by atoms with Crippen molar-refractivity contribution in [3.05, 3.63) is 168 Å². The first kappa shape index (κ1) is 33.8. The number of rotatable bonds is 6. The van der Waals surface area contributed by atoms with Crippen LogP contribution in [0.5, 0.6) is 0 Å². The van der Waals surface area contributed by atoms with Gasteiger partial charge in [-0.15, -0.1) is 0 Å². The van der Waals surface area contributed by atoms with Gasteiger partial charge in [-0.05, 0) is 195 Å². The Balaban J connectivity index is 0.949. The summed E-state index contributed by atoms with van der Waals surface area (Å²) in [6.07, 6.45) is 10.6. The maximum Gasteiger partial charge on any atom is 0.0468 e. The van der Waals surface area contributed by atoms with Crippen molar-refractivity contribution in [2.75, 3.05) is 9.80 Å². The van der Waals surface area contributed by atoms with E-state index in [2.05, 4.69) is 183 Å². The molecule has 0 saturated heterocycles. The van der Waals surface area contributed by atoms with Crippen molar-refractivity contribution in [2.45, 2.75) is 101 Å². The summed E-state index contributed by atoms with van der Waals surface area (Å²) in [5, 5.41) is 5.09. The lowest BCUT2D eigenvalue weighted by molar-refractivity contribution is 0.188. The summed E-state index contributed by atoms with van der Waals surface area (Å²) >= 11 is 0. The summed E-state index contributed by atoms with van der Waals surface area (Å²) in [5.74, 6) is 0. The zero-order valence-corrected chi connectivity index (χ0v) is 33.9. The molecule has 0 aromatic heterocycles. The van der Waals surface area contributed by atoms with Gasteiger partial charge in [-0.25, -0.2) is 0 Å². The van der Waals surface area contributed by atoms with E-state index in [4.69, 9.17) is 0 Å². The molecule has 3 saturated carbocycles. The van der Waals surface area contributed by atoms with Crippen LogP contribution in [-0.2, 0) is 21.7 Å². The summed E-state index contributed by atoms with van der Waals surface area (Å²) in [4.78, 5) is 4.94. The number of nitrogens with zero attached hydrogens (tertiary/aromatic N) is 2. The number of benzene rings is 7. The SMILES string of the molecule is CC12CCC(C)(CC1)c1cc(N(c3ccccc3)c3ccc4c(ccc5cc(N(c6ccccc6)c6ccc7c(c6)C6(C)CCC8(C6)CC78C)ccc54)c3)ccc12. The summed E-state index contributed by atoms with van der Waals surface area (Å²) < 4.78 is 0. The Morgan fingerprint density at radius 3 is 1.33 bits per heavy atom. The van der Waals surface area contributed by atoms with Gasteiger partial charge in [0.2, 0.25) is 0 Å². The predicted octanol–water partition coefficient (Wildman–Crippen LogP) is 15.1. The predicted molar refractivity (Wildman–Crippen MR) is 240 cm³/mol. The molecule has 7 aromatic carbocycles. The lowest BCUT2D eigenvalue weighted by atomic mass is 9.52. The summed E-state index contributed by atoms with van der Waals surface area (Å²) in [7, 11) is 0. The molecule has 57 heavy (non-hydrogen) atoms. The van der Waals surface area contributed by atoms with Gasteiger partial charge in [-0.2, -0.15) is 0 Å². The zero-order valence-electron chi connectivity index (χ0n) is 33.9. The Bertz CT molecular complexity index is 2780. The van der Waals surface area contributed by atoms with Gasteiger partial charge < -0.3 is 9.80 Å². The molecule has 1 spiro atoms. The average Bonchev–Trinajstić information content (AvgIpc) is 3.71. The van der Waals surface area contributed by atoms with Gasteiger partial charge in [-0.3, -0.25) is 0 Å². The summed E-state index contributed by atoms with van der Waals surface area (Å²) in [6.45, 7) is 10.1. The molecule has 0 amide bonds. The fourth-order valence-electron chi connectivity index (χ4n) is 12.9. The van der Waals surface area contributed by atoms with Crippen molar-refractivity contribution >= 4 is 55.7 Å². The van der Waals surface area contributed by atoms with E-state index in [0.29, 0.717) is 16.2 Å². The van der Waals surface area contributed by atoms with Gasteiger partial charge in [0, 0.05) is 34.1 Å². The highest BCUT2D eigenvalue weighted by molar-refractivity contribution is 6.09. The Morgan fingerprint density at radius 2 is 0.789 bits per heavy atom. The van der Waals surface area contributed by atoms with Crippen molar-refractivity contribution in [1.82, 2.24) is 0 Å². The third-order valence-electron chi connectivity index (χ3n) is 16.5. The van der Waals surface area contributed by atoms with E-state index >= 15 is 0 Å². The molecule has 3 unspecified atom stereocenters. The molecule has 0 heterocycles. The van der Waals surface area contributed by atoms with Crippen LogP contribution >= 0.6 is 0 Å². The maximum atomic E-state index is 2.56. The Kier molecular flexibility index (Phi) is 6.76. The van der Waals surface area contributed by atoms with Gasteiger partial charge in [0.05, 0.1) is 0 Å². The largest absolute Gasteiger partial charge is 0.310 e. The van der Waals surface area contributed by atoms with Gasteiger partial charge in [-0.1, -0.05) is 100 Å². The van der Waals surface area contributed by atoms with Crippen molar-refractivity contribution < 1.29 is 0 Å². The molecular weight excluding hydrogens is 689 g/mol. The van der Waals surface area contributed by atoms with E-state index in [0.717, 1.165) is 0 Å². The van der Waals surface area contributed by atoms with Crippen LogP contribution in [0.4, 0.5) is 34.1 Å². The van der Waals surface area contributed by atoms with Crippen LogP contribution in [0.2, 0.25) is 0 Å². The molecular formula is C55H52N2. The third kappa shape index (κ3) is 4.71. The van der Waals surface area contributed by atoms with Crippen molar-refractivity contribution in [1.29, 1.82) is 0 Å². The van der Waals surface area contributed by atoms with Crippen LogP contribution in [0.25, 0.3) is 21.5 Å². The third-order valence-corrected chi connectivity index (χ3v) is 16.5. The molecule has 0 N–H and O–H groups in total. The second-order valence-corrected chi connectivity index (χ2v) is 19.8. The first-order valence-electron chi connectivity index (χ1n) is 21.6. The lowest BCUT2D eigenvalue weighted by Gasteiger charge is -2.52. The lowest BCUT2D eigenvalue weighted by Crippen LogP contribution is -2.44. The number of hydrogen-bond donors (Lipinski definition) is 0. The number of fused-ring (bicyclic) bond motifs is 9. The van der Waals surface area contributed by atoms with Gasteiger partial charge in [0.1, 0.15) is 0 Å². The quantitative estimate of drug-likeness (QED) is 0.157. The minimum absolute atomic E-state index is 0.263. The monoisotopic (exact) mass is 740 g/mol. The molecule has 0 aliphatic heterocycles. The molecule has 2 heteroatoms. The van der Waals surface area contributed by atoms with E-state index in [1.807, 2.05) is 0 Å². The normalized spacial score (nSPS) is 28.8. The van der Waals surface area contributed by atoms with Crippen LogP contribution in [0.1, 0.15) is 101 Å². The molecule has 0 radical (unpaired) electrons. The molecule has 282 valence electrons. The molecule has 4 bridgehead atoms. The molecule has 3 fully saturated rings. The number of para-hydroxylation sites is 2. The van der Waals surface area contributed by atoms with Crippen LogP contribution < -0.4 is 9.80 Å². The molecule has 3 atom stereocenters. The molecule has 13 rings (SSSR count). The van der Waals surface area contributed by atoms with Crippen molar-refractivity contribution in [3.8, 4) is 0 Å². The Labute approximate surface area is 338 Å². The van der Waals surface area contributed by atoms with Crippen LogP contribution in [0.3, 0.4) is 0 Å². The van der Waals surface area contributed by atoms with Crippen LogP contribution in [0.15, 0.2) is 146 Å². The maximum absolute atomic E-state index is 2.56. The summed E-state index contributed by atoms with van der Waals surface area (Å²) in [6, 6.07) is 55.5. The number of hydrogen-bond acceptors (Lipinski definition) is 2. The topological polar surface area (TPSA) is 6.48 Å². The molecule has 7 aromatic rings. The molecule has 2 nitrogen and oxygen atoms in total. The molecule has 6 aliphatic carbocycles. The highest BCUT2D eigenvalue weighted by atomic mass is 15.1. The van der Waals surface area contributed by atoms with E-state index in [1.54, 1.807) is 22.3 Å². The Hall–Kier alpha value is -5.34. The minimum atomic E-state index is 0.263. The first-order valence-corrected chi connectivity index (χ1v) is 21.6. The first-order chi connectivity index (χ1) is 27.6. The van der Waals surface area contributed by atoms with Crippen molar-refractivity contribution in [3.63, 3.8) is 0 Å². The van der Waals surface area contributed by atoms with Gasteiger partial charge >= 0.3 is 0 Å². The smallest absolute Gasteiger partial charge is 0.0468 e. The van der Waals surface area contributed by atoms with Gasteiger partial charge in [0.15, 0.2) is 0 Å². The standard InChI is InChI=1S/C55H52N2/c1-51-25-27-52(2,28-26-51)49-33-43(19-23-47(49)51)56(39-11-7-5-8-12-39)41-17-21-45-37(31-41)15-16-38-32-42(18-22-46(38)45)57(40-13-9-6-10-14-40)44-20-24-48-50(34-44)53(3)29-30-55(35-53)36-54(48,55)4/h5-24,31-34H,25-30,35-36H2,1-4H3. The second-order valence-electron chi connectivity index (χ2n) is 19.8. The Morgan fingerprint density at radius 1 is 0.351 bits per heavy atom. The van der Waals surface area contributed by atoms with Crippen molar-refractivity contribution in [2.24, 2.45) is 5.41 Å². The average molecular weight is 741 g/mol. The van der Waals surface area contributed by atoms with Gasteiger partial charge in [0.25, 0.3) is 0 Å². The fraction of sp³-hybridized carbons (Fsp3) is 0.309. The van der Waals surface area contributed by atoms with Crippen LogP contribution in [-0.4, -0.2) is 0 Å². The van der Waals surface area contributed by atoms with E-state index in [1.165, 1.54) is 107 Å². The zero-order chi connectivity index (χ0) is 38.4. The van der Waals surface area contributed by atoms with E-state index in [-0.39, 0.29) is 10.8 Å². The highest BCUT2D eigenvalue weighted by Gasteiger charge is 2.72. The van der Waals surface area contributed by atoms with E-state index in [9.17, 15) is 0 Å². The highest BCUT2D eigenvalue weighted by Crippen LogP contribution is 2.79.